The summed E-state index contributed by atoms with van der Waals surface area (Å²) < 4.78 is 50.6. The van der Waals surface area contributed by atoms with Crippen molar-refractivity contribution in [2.45, 2.75) is 25.0 Å². The van der Waals surface area contributed by atoms with Crippen molar-refractivity contribution in [1.29, 1.82) is 0 Å². The molecule has 12 heteroatoms. The number of pyridine rings is 1. The lowest BCUT2D eigenvalue weighted by molar-refractivity contribution is -0.0505. The third-order valence-corrected chi connectivity index (χ3v) is 7.69. The molecule has 0 saturated heterocycles. The Morgan fingerprint density at radius 2 is 1.89 bits per heavy atom. The first-order valence-corrected chi connectivity index (χ1v) is 14.8. The second-order valence-electron chi connectivity index (χ2n) is 9.96. The second-order valence-corrected chi connectivity index (χ2v) is 13.4. The SMILES string of the molecule is CN1C(=O)c2cccc(OC(F)F)c2[C@H]2C[C@@H]1c1nn3ccc(-c4cnc(OCP(C)(C)=O)nc4)cc3c12. The normalized spacial score (nSPS) is 18.5. The highest BCUT2D eigenvalue weighted by Gasteiger charge is 2.46. The van der Waals surface area contributed by atoms with E-state index < -0.39 is 13.8 Å². The number of aromatic nitrogens is 4. The minimum Gasteiger partial charge on any atom is -0.456 e. The summed E-state index contributed by atoms with van der Waals surface area (Å²) in [6, 6.07) is 8.36. The summed E-state index contributed by atoms with van der Waals surface area (Å²) >= 11 is 0. The summed E-state index contributed by atoms with van der Waals surface area (Å²) in [6.45, 7) is 0.247. The fourth-order valence-corrected chi connectivity index (χ4v) is 5.72. The highest BCUT2D eigenvalue weighted by molar-refractivity contribution is 7.62. The zero-order chi connectivity index (χ0) is 26.8. The number of rotatable bonds is 6. The van der Waals surface area contributed by atoms with E-state index in [9.17, 15) is 18.1 Å². The number of halogens is 2. The van der Waals surface area contributed by atoms with E-state index in [-0.39, 0.29) is 36.0 Å². The van der Waals surface area contributed by atoms with E-state index in [0.717, 1.165) is 27.9 Å². The Hall–Kier alpha value is -3.85. The number of amides is 1. The third-order valence-electron chi connectivity index (χ3n) is 6.94. The predicted molar refractivity (Wildman–Crippen MR) is 136 cm³/mol. The van der Waals surface area contributed by atoms with Gasteiger partial charge in [0.25, 0.3) is 5.91 Å². The fourth-order valence-electron chi connectivity index (χ4n) is 5.29. The molecule has 1 aliphatic carbocycles. The molecule has 196 valence electrons. The summed E-state index contributed by atoms with van der Waals surface area (Å²) in [6.07, 6.45) is 5.64. The van der Waals surface area contributed by atoms with E-state index in [4.69, 9.17) is 14.6 Å². The summed E-state index contributed by atoms with van der Waals surface area (Å²) in [7, 11) is -0.662. The molecule has 0 radical (unpaired) electrons. The van der Waals surface area contributed by atoms with Gasteiger partial charge in [-0.1, -0.05) is 6.07 Å². The van der Waals surface area contributed by atoms with Crippen molar-refractivity contribution in [1.82, 2.24) is 24.5 Å². The van der Waals surface area contributed by atoms with Gasteiger partial charge in [0.05, 0.1) is 17.3 Å². The molecule has 4 aromatic rings. The lowest BCUT2D eigenvalue weighted by Gasteiger charge is -2.23. The van der Waals surface area contributed by atoms with Crippen LogP contribution >= 0.6 is 7.14 Å². The van der Waals surface area contributed by atoms with Gasteiger partial charge in [0, 0.05) is 53.8 Å². The highest BCUT2D eigenvalue weighted by atomic mass is 31.2. The number of hydrogen-bond donors (Lipinski definition) is 0. The number of alkyl halides is 2. The van der Waals surface area contributed by atoms with Crippen molar-refractivity contribution in [3.05, 3.63) is 71.3 Å². The van der Waals surface area contributed by atoms with E-state index in [1.165, 1.54) is 6.07 Å². The molecule has 1 aliphatic heterocycles. The molecular formula is C26H24F2N5O4P. The van der Waals surface area contributed by atoms with Gasteiger partial charge >= 0.3 is 12.6 Å². The molecule has 0 N–H and O–H groups in total. The van der Waals surface area contributed by atoms with Crippen LogP contribution < -0.4 is 9.47 Å². The Morgan fingerprint density at radius 3 is 2.61 bits per heavy atom. The second kappa shape index (κ2) is 8.87. The van der Waals surface area contributed by atoms with Crippen LogP contribution in [-0.2, 0) is 4.57 Å². The first-order valence-electron chi connectivity index (χ1n) is 12.0. The van der Waals surface area contributed by atoms with Gasteiger partial charge in [-0.15, -0.1) is 0 Å². The van der Waals surface area contributed by atoms with Crippen molar-refractivity contribution >= 4 is 18.6 Å². The van der Waals surface area contributed by atoms with Crippen LogP contribution in [0, 0.1) is 0 Å². The minimum absolute atomic E-state index is 0.000879. The smallest absolute Gasteiger partial charge is 0.387 e. The van der Waals surface area contributed by atoms with Gasteiger partial charge in [-0.25, -0.2) is 14.5 Å². The maximum absolute atomic E-state index is 13.3. The average Bonchev–Trinajstić information content (AvgIpc) is 3.40. The van der Waals surface area contributed by atoms with Gasteiger partial charge in [-0.3, -0.25) is 4.79 Å². The van der Waals surface area contributed by atoms with Crippen molar-refractivity contribution in [3.8, 4) is 22.9 Å². The third kappa shape index (κ3) is 4.11. The number of hydrogen-bond acceptors (Lipinski definition) is 7. The van der Waals surface area contributed by atoms with Crippen molar-refractivity contribution < 1.29 is 27.6 Å². The topological polar surface area (TPSA) is 98.9 Å². The van der Waals surface area contributed by atoms with Crippen LogP contribution in [0.5, 0.6) is 11.8 Å². The molecule has 0 fully saturated rings. The molecule has 2 atom stereocenters. The van der Waals surface area contributed by atoms with Crippen molar-refractivity contribution in [2.75, 3.05) is 26.7 Å². The molecule has 2 aliphatic rings. The van der Waals surface area contributed by atoms with Gasteiger partial charge in [-0.2, -0.15) is 13.9 Å². The number of ether oxygens (including phenoxy) is 2. The van der Waals surface area contributed by atoms with Gasteiger partial charge in [0.15, 0.2) is 0 Å². The Kier molecular flexibility index (Phi) is 5.72. The summed E-state index contributed by atoms with van der Waals surface area (Å²) in [5, 5.41) is 4.78. The average molecular weight is 539 g/mol. The lowest BCUT2D eigenvalue weighted by Crippen LogP contribution is -2.30. The molecule has 0 unspecified atom stereocenters. The van der Waals surface area contributed by atoms with Crippen LogP contribution in [0.1, 0.15) is 45.6 Å². The van der Waals surface area contributed by atoms with E-state index >= 15 is 0 Å². The van der Waals surface area contributed by atoms with E-state index in [2.05, 4.69) is 9.97 Å². The Morgan fingerprint density at radius 1 is 1.13 bits per heavy atom. The summed E-state index contributed by atoms with van der Waals surface area (Å²) in [5.74, 6) is -0.606. The van der Waals surface area contributed by atoms with Crippen LogP contribution in [0.3, 0.4) is 0 Å². The fraction of sp³-hybridized carbons (Fsp3) is 0.308. The molecule has 38 heavy (non-hydrogen) atoms. The molecule has 0 saturated carbocycles. The lowest BCUT2D eigenvalue weighted by atomic mass is 9.88. The number of nitrogens with zero attached hydrogens (tertiary/aromatic N) is 5. The van der Waals surface area contributed by atoms with Gasteiger partial charge < -0.3 is 18.9 Å². The zero-order valence-electron chi connectivity index (χ0n) is 20.8. The van der Waals surface area contributed by atoms with Crippen LogP contribution in [0.25, 0.3) is 16.6 Å². The first-order chi connectivity index (χ1) is 18.1. The monoisotopic (exact) mass is 539 g/mol. The maximum Gasteiger partial charge on any atom is 0.387 e. The van der Waals surface area contributed by atoms with Crippen LogP contribution in [0.2, 0.25) is 0 Å². The van der Waals surface area contributed by atoms with Gasteiger partial charge in [0.1, 0.15) is 19.2 Å². The Labute approximate surface area is 216 Å². The number of carbonyl (C=O) groups excluding carboxylic acids is 1. The minimum atomic E-state index is -3.02. The van der Waals surface area contributed by atoms with Crippen LogP contribution in [-0.4, -0.2) is 63.7 Å². The van der Waals surface area contributed by atoms with Crippen LogP contribution in [0.15, 0.2) is 48.9 Å². The van der Waals surface area contributed by atoms with Crippen molar-refractivity contribution in [2.24, 2.45) is 0 Å². The highest BCUT2D eigenvalue weighted by Crippen LogP contribution is 2.53. The van der Waals surface area contributed by atoms with Gasteiger partial charge in [0.2, 0.25) is 0 Å². The molecular weight excluding hydrogens is 515 g/mol. The van der Waals surface area contributed by atoms with Gasteiger partial charge in [-0.05, 0) is 49.6 Å². The molecule has 4 heterocycles. The molecule has 1 aromatic carbocycles. The number of benzene rings is 1. The van der Waals surface area contributed by atoms with E-state index in [1.54, 1.807) is 54.3 Å². The molecule has 2 bridgehead atoms. The number of fused-ring (bicyclic) bond motifs is 9. The maximum atomic E-state index is 13.3. The van der Waals surface area contributed by atoms with E-state index in [0.29, 0.717) is 17.5 Å². The largest absolute Gasteiger partial charge is 0.456 e. The quantitative estimate of drug-likeness (QED) is 0.318. The molecule has 6 rings (SSSR count). The number of carbonyl (C=O) groups is 1. The molecule has 9 nitrogen and oxygen atoms in total. The molecule has 3 aromatic heterocycles. The summed E-state index contributed by atoms with van der Waals surface area (Å²) in [4.78, 5) is 23.4. The van der Waals surface area contributed by atoms with Crippen LogP contribution in [0.4, 0.5) is 8.78 Å². The molecule has 0 spiro atoms. The standard InChI is InChI=1S/C26H24F2N5O4P/c1-32-19-10-17(21-16(24(32)34)5-4-6-20(21)37-25(27)28)22-18-9-14(7-8-33(18)31-23(19)22)15-11-29-26(30-12-15)36-13-38(2,3)35/h4-9,11-12,17,19,25H,10,13H2,1-3H3/t17-,19-/m1/s1. The zero-order valence-corrected chi connectivity index (χ0v) is 21.7. The Bertz CT molecular complexity index is 1620. The molecule has 1 amide bonds. The first kappa shape index (κ1) is 24.5. The Balaban J connectivity index is 1.44. The van der Waals surface area contributed by atoms with E-state index in [1.807, 2.05) is 18.3 Å². The predicted octanol–water partition coefficient (Wildman–Crippen LogP) is 5.01. The summed E-state index contributed by atoms with van der Waals surface area (Å²) in [5.41, 5.74) is 4.79. The van der Waals surface area contributed by atoms with Crippen molar-refractivity contribution in [3.63, 3.8) is 0 Å².